The van der Waals surface area contributed by atoms with Gasteiger partial charge in [-0.05, 0) is 19.3 Å². The van der Waals surface area contributed by atoms with E-state index in [1.165, 1.54) is 193 Å². The van der Waals surface area contributed by atoms with Crippen LogP contribution in [0.3, 0.4) is 0 Å². The second kappa shape index (κ2) is 34.0. The fourth-order valence-electron chi connectivity index (χ4n) is 5.84. The summed E-state index contributed by atoms with van der Waals surface area (Å²) in [6.45, 7) is 6.95. The van der Waals surface area contributed by atoms with Gasteiger partial charge in [0.1, 0.15) is 0 Å². The Bertz CT molecular complexity index is 408. The molecule has 0 amide bonds. The van der Waals surface area contributed by atoms with Crippen molar-refractivity contribution in [1.29, 1.82) is 0 Å². The zero-order valence-corrected chi connectivity index (χ0v) is 34.0. The largest absolute Gasteiger partial charge is 0.268 e. The lowest BCUT2D eigenvalue weighted by molar-refractivity contribution is 0.219. The Labute approximate surface area is 295 Å². The smallest absolute Gasteiger partial charge is 0.0637 e. The van der Waals surface area contributed by atoms with Gasteiger partial charge in [-0.3, -0.25) is 4.90 Å². The monoisotopic (exact) mass is 899 g/mol. The topological polar surface area (TPSA) is 3.24 Å². The van der Waals surface area contributed by atoms with E-state index in [2.05, 4.69) is 93.4 Å². The van der Waals surface area contributed by atoms with Crippen LogP contribution in [-0.4, -0.2) is 17.0 Å². The van der Waals surface area contributed by atoms with Crippen molar-refractivity contribution in [3.8, 4) is 0 Å². The zero-order chi connectivity index (χ0) is 29.5. The molecule has 0 aromatic heterocycles. The SMILES string of the molecule is CCCCCCCCCCCC(I)N(C(I)CCCCCCCCCCC)C(I)CCCCCCCCCCC. The number of hydrogen-bond donors (Lipinski definition) is 0. The number of alkyl halides is 3. The van der Waals surface area contributed by atoms with Gasteiger partial charge in [0.05, 0.1) is 12.1 Å². The van der Waals surface area contributed by atoms with E-state index in [1.807, 2.05) is 0 Å². The fraction of sp³-hybridized carbons (Fsp3) is 1.00. The molecule has 3 atom stereocenters. The van der Waals surface area contributed by atoms with Gasteiger partial charge in [-0.1, -0.05) is 262 Å². The van der Waals surface area contributed by atoms with E-state index in [-0.39, 0.29) is 0 Å². The molecule has 0 fully saturated rings. The average Bonchev–Trinajstić information content (AvgIpc) is 2.94. The van der Waals surface area contributed by atoms with Gasteiger partial charge in [-0.15, -0.1) is 0 Å². The summed E-state index contributed by atoms with van der Waals surface area (Å²) in [7, 11) is 0. The van der Waals surface area contributed by atoms with Crippen LogP contribution in [0.15, 0.2) is 0 Å². The van der Waals surface area contributed by atoms with E-state index >= 15 is 0 Å². The predicted octanol–water partition coefficient (Wildman–Crippen LogP) is 15.3. The second-order valence-corrected chi connectivity index (χ2v) is 16.9. The van der Waals surface area contributed by atoms with Crippen molar-refractivity contribution >= 4 is 67.8 Å². The van der Waals surface area contributed by atoms with Crippen LogP contribution in [-0.2, 0) is 0 Å². The summed E-state index contributed by atoms with van der Waals surface area (Å²) >= 11 is 8.44. The third-order valence-electron chi connectivity index (χ3n) is 8.61. The summed E-state index contributed by atoms with van der Waals surface area (Å²) in [4.78, 5) is 2.93. The van der Waals surface area contributed by atoms with Crippen LogP contribution in [0.2, 0.25) is 0 Å². The summed E-state index contributed by atoms with van der Waals surface area (Å²) < 4.78 is 2.09. The minimum absolute atomic E-state index is 0.697. The quantitative estimate of drug-likeness (QED) is 0.0275. The Morgan fingerprint density at radius 1 is 0.300 bits per heavy atom. The van der Waals surface area contributed by atoms with E-state index in [0.717, 1.165) is 0 Å². The minimum Gasteiger partial charge on any atom is -0.268 e. The Kier molecular flexibility index (Phi) is 35.9. The molecule has 0 aliphatic carbocycles. The van der Waals surface area contributed by atoms with Crippen molar-refractivity contribution in [3.05, 3.63) is 0 Å². The molecule has 0 spiro atoms. The number of halogens is 3. The van der Waals surface area contributed by atoms with E-state index in [1.54, 1.807) is 0 Å². The maximum absolute atomic E-state index is 2.93. The highest BCUT2D eigenvalue weighted by atomic mass is 127. The van der Waals surface area contributed by atoms with E-state index in [9.17, 15) is 0 Å². The zero-order valence-electron chi connectivity index (χ0n) is 27.5. The molecule has 0 aromatic rings. The summed E-state index contributed by atoms with van der Waals surface area (Å²) in [6.07, 6.45) is 42.9. The first-order valence-corrected chi connectivity index (χ1v) is 22.0. The first kappa shape index (κ1) is 42.1. The van der Waals surface area contributed by atoms with Gasteiger partial charge < -0.3 is 0 Å². The first-order chi connectivity index (χ1) is 19.6. The third kappa shape index (κ3) is 27.7. The number of rotatable bonds is 33. The summed E-state index contributed by atoms with van der Waals surface area (Å²) in [5.74, 6) is 0. The molecule has 1 nitrogen and oxygen atoms in total. The molecule has 0 saturated carbocycles. The lowest BCUT2D eigenvalue weighted by Crippen LogP contribution is -2.42. The normalized spacial score (nSPS) is 14.2. The number of unbranched alkanes of at least 4 members (excludes halogenated alkanes) is 24. The lowest BCUT2D eigenvalue weighted by atomic mass is 10.1. The molecule has 40 heavy (non-hydrogen) atoms. The third-order valence-corrected chi connectivity index (χ3v) is 12.4. The van der Waals surface area contributed by atoms with E-state index in [0.29, 0.717) is 12.1 Å². The maximum atomic E-state index is 2.93. The van der Waals surface area contributed by atoms with Crippen LogP contribution in [0.5, 0.6) is 0 Å². The molecule has 0 aliphatic rings. The Morgan fingerprint density at radius 2 is 0.475 bits per heavy atom. The average molecular weight is 900 g/mol. The first-order valence-electron chi connectivity index (χ1n) is 18.3. The van der Waals surface area contributed by atoms with Gasteiger partial charge >= 0.3 is 0 Å². The molecule has 0 aliphatic heterocycles. The molecule has 0 aromatic carbocycles. The van der Waals surface area contributed by atoms with Crippen LogP contribution in [0, 0.1) is 0 Å². The minimum atomic E-state index is 0.697. The van der Waals surface area contributed by atoms with Gasteiger partial charge in [0.2, 0.25) is 0 Å². The Hall–Kier alpha value is 2.15. The van der Waals surface area contributed by atoms with Crippen LogP contribution >= 0.6 is 67.8 Å². The van der Waals surface area contributed by atoms with E-state index < -0.39 is 0 Å². The molecule has 0 bridgehead atoms. The molecule has 3 unspecified atom stereocenters. The number of nitrogens with zero attached hydrogens (tertiary/aromatic N) is 1. The molecular weight excluding hydrogens is 827 g/mol. The van der Waals surface area contributed by atoms with Crippen LogP contribution in [0.25, 0.3) is 0 Å². The lowest BCUT2D eigenvalue weighted by Gasteiger charge is -2.37. The number of hydrogen-bond acceptors (Lipinski definition) is 1. The Balaban J connectivity index is 4.40. The van der Waals surface area contributed by atoms with Crippen molar-refractivity contribution in [1.82, 2.24) is 4.90 Å². The predicted molar refractivity (Wildman–Crippen MR) is 211 cm³/mol. The van der Waals surface area contributed by atoms with E-state index in [4.69, 9.17) is 0 Å². The van der Waals surface area contributed by atoms with Crippen molar-refractivity contribution < 1.29 is 0 Å². The molecule has 0 N–H and O–H groups in total. The Morgan fingerprint density at radius 3 is 0.675 bits per heavy atom. The second-order valence-electron chi connectivity index (χ2n) is 12.6. The molecular formula is C36H72I3N. The van der Waals surface area contributed by atoms with Crippen molar-refractivity contribution in [2.75, 3.05) is 0 Å². The highest BCUT2D eigenvalue weighted by molar-refractivity contribution is 14.1. The molecule has 0 saturated heterocycles. The van der Waals surface area contributed by atoms with Crippen molar-refractivity contribution in [2.45, 2.75) is 226 Å². The standard InChI is InChI=1S/C36H72I3N/c1-4-7-10-13-16-19-22-25-28-31-34(37)40(35(38)32-29-26-23-20-17-14-11-8-5-2)36(39)33-30-27-24-21-18-15-12-9-6-3/h34-36H,4-33H2,1-3H3. The van der Waals surface area contributed by atoms with Crippen LogP contribution < -0.4 is 0 Å². The molecule has 0 rings (SSSR count). The fourth-order valence-corrected chi connectivity index (χ4v) is 11.3. The van der Waals surface area contributed by atoms with Gasteiger partial charge in [0, 0.05) is 0 Å². The van der Waals surface area contributed by atoms with Gasteiger partial charge in [0.25, 0.3) is 0 Å². The van der Waals surface area contributed by atoms with Gasteiger partial charge in [-0.2, -0.15) is 0 Å². The maximum Gasteiger partial charge on any atom is 0.0637 e. The van der Waals surface area contributed by atoms with Gasteiger partial charge in [0.15, 0.2) is 0 Å². The molecule has 0 heterocycles. The summed E-state index contributed by atoms with van der Waals surface area (Å²) in [5, 5.41) is 0. The molecule has 4 heteroatoms. The highest BCUT2D eigenvalue weighted by Gasteiger charge is 2.27. The molecule has 242 valence electrons. The highest BCUT2D eigenvalue weighted by Crippen LogP contribution is 2.32. The van der Waals surface area contributed by atoms with Gasteiger partial charge in [-0.25, -0.2) is 0 Å². The summed E-state index contributed by atoms with van der Waals surface area (Å²) in [6, 6.07) is 0. The van der Waals surface area contributed by atoms with Crippen molar-refractivity contribution in [3.63, 3.8) is 0 Å². The van der Waals surface area contributed by atoms with Crippen LogP contribution in [0.1, 0.15) is 213 Å². The van der Waals surface area contributed by atoms with Crippen molar-refractivity contribution in [2.24, 2.45) is 0 Å². The molecule has 0 radical (unpaired) electrons. The van der Waals surface area contributed by atoms with Crippen LogP contribution in [0.4, 0.5) is 0 Å². The summed E-state index contributed by atoms with van der Waals surface area (Å²) in [5.41, 5.74) is 0.